The summed E-state index contributed by atoms with van der Waals surface area (Å²) in [6.07, 6.45) is -8.53. The van der Waals surface area contributed by atoms with E-state index in [0.717, 1.165) is 12.1 Å². The molecule has 238 valence electrons. The highest BCUT2D eigenvalue weighted by Gasteiger charge is 2.47. The second-order valence-corrected chi connectivity index (χ2v) is 11.7. The molecule has 2 aromatic rings. The van der Waals surface area contributed by atoms with E-state index in [1.54, 1.807) is 21.9 Å². The lowest BCUT2D eigenvalue weighted by molar-refractivity contribution is -0.163. The van der Waals surface area contributed by atoms with Crippen molar-refractivity contribution in [1.82, 2.24) is 10.2 Å². The van der Waals surface area contributed by atoms with Crippen molar-refractivity contribution in [2.75, 3.05) is 37.6 Å². The molecule has 7 nitrogen and oxygen atoms in total. The van der Waals surface area contributed by atoms with Gasteiger partial charge in [0.15, 0.2) is 0 Å². The first-order valence-corrected chi connectivity index (χ1v) is 14.8. The predicted molar refractivity (Wildman–Crippen MR) is 152 cm³/mol. The lowest BCUT2D eigenvalue weighted by atomic mass is 9.94. The number of carbonyl (C=O) groups excluding carboxylic acids is 2. The summed E-state index contributed by atoms with van der Waals surface area (Å²) < 4.78 is 86.6. The Bertz CT molecular complexity index is 1430. The van der Waals surface area contributed by atoms with Crippen LogP contribution in [0.4, 0.5) is 32.0 Å². The van der Waals surface area contributed by atoms with Crippen LogP contribution in [0.5, 0.6) is 0 Å². The summed E-state index contributed by atoms with van der Waals surface area (Å²) in [5.74, 6) is -2.78. The van der Waals surface area contributed by atoms with E-state index in [0.29, 0.717) is 69.2 Å². The zero-order valence-electron chi connectivity index (χ0n) is 23.6. The summed E-state index contributed by atoms with van der Waals surface area (Å²) >= 11 is 0.488. The molecular formula is C30H31F6N3O4S. The quantitative estimate of drug-likeness (QED) is 0.179. The number of piperidine rings is 1. The van der Waals surface area contributed by atoms with Crippen LogP contribution in [0, 0.1) is 5.92 Å². The summed E-state index contributed by atoms with van der Waals surface area (Å²) in [5, 5.41) is 11.8. The molecule has 0 saturated carbocycles. The van der Waals surface area contributed by atoms with Crippen molar-refractivity contribution in [1.29, 1.82) is 0 Å². The number of hydrogen-bond donors (Lipinski definition) is 2. The zero-order valence-corrected chi connectivity index (χ0v) is 24.4. The summed E-state index contributed by atoms with van der Waals surface area (Å²) in [6, 6.07) is 7.91. The minimum atomic E-state index is -5.49. The van der Waals surface area contributed by atoms with Crippen LogP contribution in [0.15, 0.2) is 52.8 Å². The molecule has 2 aromatic carbocycles. The lowest BCUT2D eigenvalue weighted by Crippen LogP contribution is -2.38. The Morgan fingerprint density at radius 1 is 0.977 bits per heavy atom. The molecule has 2 aliphatic rings. The van der Waals surface area contributed by atoms with Crippen LogP contribution in [0.25, 0.3) is 5.57 Å². The Morgan fingerprint density at radius 3 is 2.32 bits per heavy atom. The van der Waals surface area contributed by atoms with Gasteiger partial charge < -0.3 is 20.2 Å². The number of alkyl halides is 6. The van der Waals surface area contributed by atoms with E-state index in [9.17, 15) is 45.8 Å². The third kappa shape index (κ3) is 7.69. The van der Waals surface area contributed by atoms with Crippen LogP contribution < -0.4 is 10.2 Å². The van der Waals surface area contributed by atoms with Crippen molar-refractivity contribution in [3.63, 3.8) is 0 Å². The third-order valence-electron chi connectivity index (χ3n) is 7.59. The highest BCUT2D eigenvalue weighted by atomic mass is 32.2. The number of rotatable bonds is 10. The first kappa shape index (κ1) is 33.2. The zero-order chi connectivity index (χ0) is 32.2. The van der Waals surface area contributed by atoms with Crippen LogP contribution >= 0.6 is 11.8 Å². The van der Waals surface area contributed by atoms with E-state index in [2.05, 4.69) is 11.9 Å². The number of carboxylic acids is 1. The van der Waals surface area contributed by atoms with Crippen LogP contribution in [-0.4, -0.2) is 60.5 Å². The molecule has 0 aliphatic carbocycles. The van der Waals surface area contributed by atoms with Gasteiger partial charge in [-0.1, -0.05) is 36.5 Å². The van der Waals surface area contributed by atoms with E-state index in [-0.39, 0.29) is 23.9 Å². The highest BCUT2D eigenvalue weighted by Crippen LogP contribution is 2.50. The number of aliphatic carboxylic acids is 1. The van der Waals surface area contributed by atoms with Gasteiger partial charge in [-0.3, -0.25) is 14.4 Å². The number of carboxylic acid groups (broad SMARTS) is 1. The van der Waals surface area contributed by atoms with E-state index in [1.807, 2.05) is 0 Å². The van der Waals surface area contributed by atoms with E-state index < -0.39 is 57.3 Å². The second kappa shape index (κ2) is 13.5. The Hall–Kier alpha value is -3.68. The van der Waals surface area contributed by atoms with Crippen molar-refractivity contribution in [2.45, 2.75) is 54.2 Å². The normalized spacial score (nSPS) is 17.6. The van der Waals surface area contributed by atoms with E-state index >= 15 is 0 Å². The van der Waals surface area contributed by atoms with Gasteiger partial charge in [0.1, 0.15) is 0 Å². The lowest BCUT2D eigenvalue weighted by Gasteiger charge is -2.34. The number of para-hydroxylation sites is 1. The Kier molecular flexibility index (Phi) is 10.2. The Balaban J connectivity index is 1.63. The standard InChI is InChI=1S/C30H31F6N3O4S/c1-18(27(41)37-13-6-16-38-14-5-10-24(38)40)20-11-12-23(26(30(34,35)36)25(20)29(31,32)33)44-22-9-3-2-8-21(22)39-15-4-7-19(17-39)28(42)43/h2-3,8-9,11-12,19H,1,4-7,10,13-17H2,(H,37,41)(H,42,43). The fourth-order valence-electron chi connectivity index (χ4n) is 5.46. The van der Waals surface area contributed by atoms with Crippen molar-refractivity contribution in [3.05, 3.63) is 59.7 Å². The van der Waals surface area contributed by atoms with E-state index in [1.165, 1.54) is 12.1 Å². The predicted octanol–water partition coefficient (Wildman–Crippen LogP) is 6.32. The molecule has 4 rings (SSSR count). The molecule has 14 heteroatoms. The maximum Gasteiger partial charge on any atom is 0.418 e. The molecular weight excluding hydrogens is 612 g/mol. The smallest absolute Gasteiger partial charge is 0.418 e. The molecule has 2 saturated heterocycles. The fourth-order valence-corrected chi connectivity index (χ4v) is 6.60. The number of benzene rings is 2. The van der Waals surface area contributed by atoms with Gasteiger partial charge >= 0.3 is 18.3 Å². The second-order valence-electron chi connectivity index (χ2n) is 10.6. The molecule has 0 bridgehead atoms. The minimum absolute atomic E-state index is 0.0148. The SMILES string of the molecule is C=C(C(=O)NCCCN1CCCC1=O)c1ccc(Sc2ccccc2N2CCCC(C(=O)O)C2)c(C(F)(F)F)c1C(F)(F)F. The van der Waals surface area contributed by atoms with Gasteiger partial charge in [-0.15, -0.1) is 0 Å². The maximum atomic E-state index is 14.5. The average Bonchev–Trinajstić information content (AvgIpc) is 3.38. The van der Waals surface area contributed by atoms with Gasteiger partial charge in [-0.2, -0.15) is 26.3 Å². The number of hydrogen-bond acceptors (Lipinski definition) is 5. The minimum Gasteiger partial charge on any atom is -0.481 e. The average molecular weight is 644 g/mol. The maximum absolute atomic E-state index is 14.5. The molecule has 2 fully saturated rings. The number of halogens is 6. The first-order valence-electron chi connectivity index (χ1n) is 14.0. The van der Waals surface area contributed by atoms with Crippen LogP contribution in [-0.2, 0) is 26.7 Å². The molecule has 0 spiro atoms. The van der Waals surface area contributed by atoms with Crippen molar-refractivity contribution in [3.8, 4) is 0 Å². The monoisotopic (exact) mass is 643 g/mol. The number of nitrogens with one attached hydrogen (secondary N) is 1. The van der Waals surface area contributed by atoms with Gasteiger partial charge in [0.2, 0.25) is 5.91 Å². The third-order valence-corrected chi connectivity index (χ3v) is 8.72. The topological polar surface area (TPSA) is 90.0 Å². The van der Waals surface area contributed by atoms with E-state index in [4.69, 9.17) is 0 Å². The molecule has 0 aromatic heterocycles. The molecule has 2 amide bonds. The van der Waals surface area contributed by atoms with Crippen molar-refractivity contribution in [2.24, 2.45) is 5.92 Å². The number of likely N-dealkylation sites (tertiary alicyclic amines) is 1. The Morgan fingerprint density at radius 2 is 1.68 bits per heavy atom. The number of anilines is 1. The molecule has 2 N–H and O–H groups in total. The van der Waals surface area contributed by atoms with Crippen molar-refractivity contribution < 1.29 is 45.8 Å². The summed E-state index contributed by atoms with van der Waals surface area (Å²) in [7, 11) is 0. The molecule has 44 heavy (non-hydrogen) atoms. The fraction of sp³-hybridized carbons (Fsp3) is 0.433. The van der Waals surface area contributed by atoms with Gasteiger partial charge in [0, 0.05) is 54.5 Å². The summed E-state index contributed by atoms with van der Waals surface area (Å²) in [5.41, 5.74) is -5.31. The number of amides is 2. The molecule has 2 aliphatic heterocycles. The van der Waals surface area contributed by atoms with Crippen LogP contribution in [0.3, 0.4) is 0 Å². The molecule has 2 heterocycles. The van der Waals surface area contributed by atoms with Gasteiger partial charge in [-0.25, -0.2) is 0 Å². The van der Waals surface area contributed by atoms with Crippen LogP contribution in [0.1, 0.15) is 48.8 Å². The molecule has 1 atom stereocenters. The summed E-state index contributed by atoms with van der Waals surface area (Å²) in [4.78, 5) is 38.8. The van der Waals surface area contributed by atoms with Crippen LogP contribution in [0.2, 0.25) is 0 Å². The van der Waals surface area contributed by atoms with Gasteiger partial charge in [-0.05, 0) is 49.4 Å². The Labute approximate surface area is 254 Å². The summed E-state index contributed by atoms with van der Waals surface area (Å²) in [6.45, 7) is 4.83. The largest absolute Gasteiger partial charge is 0.481 e. The van der Waals surface area contributed by atoms with Crippen molar-refractivity contribution >= 4 is 40.8 Å². The molecule has 1 unspecified atom stereocenters. The first-order chi connectivity index (χ1) is 20.7. The molecule has 0 radical (unpaired) electrons. The number of nitrogens with zero attached hydrogens (tertiary/aromatic N) is 2. The highest BCUT2D eigenvalue weighted by molar-refractivity contribution is 7.99. The van der Waals surface area contributed by atoms with Gasteiger partial charge in [0.05, 0.1) is 22.7 Å². The number of carbonyl (C=O) groups is 3. The van der Waals surface area contributed by atoms with Gasteiger partial charge in [0.25, 0.3) is 5.91 Å².